The van der Waals surface area contributed by atoms with Crippen LogP contribution >= 0.6 is 23.4 Å². The minimum atomic E-state index is -4.39. The highest BCUT2D eigenvalue weighted by molar-refractivity contribution is 7.99. The second kappa shape index (κ2) is 5.11. The number of rotatable bonds is 2. The molecule has 0 aliphatic carbocycles. The fourth-order valence-corrected chi connectivity index (χ4v) is 2.00. The van der Waals surface area contributed by atoms with Crippen LogP contribution in [0.2, 0.25) is 5.15 Å². The highest BCUT2D eigenvalue weighted by Gasteiger charge is 2.30. The van der Waals surface area contributed by atoms with Crippen molar-refractivity contribution in [3.63, 3.8) is 0 Å². The van der Waals surface area contributed by atoms with Gasteiger partial charge in [0.15, 0.2) is 5.15 Å². The van der Waals surface area contributed by atoms with Crippen molar-refractivity contribution in [2.45, 2.75) is 16.2 Å². The summed E-state index contributed by atoms with van der Waals surface area (Å²) in [7, 11) is 0. The maximum atomic E-state index is 12.3. The lowest BCUT2D eigenvalue weighted by molar-refractivity contribution is -0.137. The first-order chi connectivity index (χ1) is 8.47. The van der Waals surface area contributed by atoms with Crippen molar-refractivity contribution in [3.8, 4) is 0 Å². The van der Waals surface area contributed by atoms with Gasteiger partial charge in [0.25, 0.3) is 0 Å². The van der Waals surface area contributed by atoms with Crippen molar-refractivity contribution in [2.75, 3.05) is 0 Å². The topological polar surface area (TPSA) is 38.7 Å². The molecule has 0 radical (unpaired) electrons. The predicted octanol–water partition coefficient (Wildman–Crippen LogP) is 3.70. The van der Waals surface area contributed by atoms with Crippen molar-refractivity contribution >= 4 is 23.4 Å². The lowest BCUT2D eigenvalue weighted by Gasteiger charge is -2.06. The average molecular weight is 292 g/mol. The van der Waals surface area contributed by atoms with Crippen LogP contribution in [-0.2, 0) is 6.18 Å². The molecule has 0 aliphatic heterocycles. The Balaban J connectivity index is 2.19. The fourth-order valence-electron chi connectivity index (χ4n) is 1.08. The SMILES string of the molecule is FC(F)(F)c1ccc(Sc2nccnc2Cl)nc1. The van der Waals surface area contributed by atoms with E-state index >= 15 is 0 Å². The van der Waals surface area contributed by atoms with Gasteiger partial charge in [0, 0.05) is 18.6 Å². The lowest BCUT2D eigenvalue weighted by atomic mass is 10.3. The monoisotopic (exact) mass is 291 g/mol. The fraction of sp³-hybridized carbons (Fsp3) is 0.100. The van der Waals surface area contributed by atoms with Gasteiger partial charge in [0.2, 0.25) is 0 Å². The van der Waals surface area contributed by atoms with E-state index in [1.54, 1.807) is 0 Å². The summed E-state index contributed by atoms with van der Waals surface area (Å²) < 4.78 is 37.0. The molecule has 0 fully saturated rings. The molecule has 2 heterocycles. The minimum Gasteiger partial charge on any atom is -0.249 e. The molecule has 0 N–H and O–H groups in total. The number of aromatic nitrogens is 3. The molecule has 0 saturated heterocycles. The van der Waals surface area contributed by atoms with Gasteiger partial charge >= 0.3 is 6.18 Å². The van der Waals surface area contributed by atoms with Gasteiger partial charge in [-0.25, -0.2) is 15.0 Å². The second-order valence-electron chi connectivity index (χ2n) is 3.14. The Morgan fingerprint density at radius 1 is 1.06 bits per heavy atom. The van der Waals surface area contributed by atoms with Crippen molar-refractivity contribution in [2.24, 2.45) is 0 Å². The molecule has 18 heavy (non-hydrogen) atoms. The summed E-state index contributed by atoms with van der Waals surface area (Å²) in [5.74, 6) is 0. The van der Waals surface area contributed by atoms with E-state index < -0.39 is 11.7 Å². The van der Waals surface area contributed by atoms with Crippen LogP contribution in [0.1, 0.15) is 5.56 Å². The Morgan fingerprint density at radius 2 is 1.78 bits per heavy atom. The van der Waals surface area contributed by atoms with Gasteiger partial charge in [-0.3, -0.25) is 0 Å². The van der Waals surface area contributed by atoms with Crippen LogP contribution in [0.5, 0.6) is 0 Å². The smallest absolute Gasteiger partial charge is 0.249 e. The van der Waals surface area contributed by atoms with Crippen LogP contribution in [0, 0.1) is 0 Å². The quantitative estimate of drug-likeness (QED) is 0.846. The minimum absolute atomic E-state index is 0.184. The largest absolute Gasteiger partial charge is 0.417 e. The van der Waals surface area contributed by atoms with E-state index in [4.69, 9.17) is 11.6 Å². The molecule has 94 valence electrons. The average Bonchev–Trinajstić information content (AvgIpc) is 2.32. The van der Waals surface area contributed by atoms with E-state index in [2.05, 4.69) is 15.0 Å². The molecule has 8 heteroatoms. The normalized spacial score (nSPS) is 11.6. The summed E-state index contributed by atoms with van der Waals surface area (Å²) in [4.78, 5) is 11.5. The number of halogens is 4. The number of alkyl halides is 3. The van der Waals surface area contributed by atoms with E-state index in [-0.39, 0.29) is 5.15 Å². The molecular weight excluding hydrogens is 287 g/mol. The first-order valence-electron chi connectivity index (χ1n) is 4.64. The highest BCUT2D eigenvalue weighted by Crippen LogP contribution is 2.32. The van der Waals surface area contributed by atoms with Gasteiger partial charge in [0.05, 0.1) is 5.56 Å². The Morgan fingerprint density at radius 3 is 2.33 bits per heavy atom. The number of nitrogens with zero attached hydrogens (tertiary/aromatic N) is 3. The van der Waals surface area contributed by atoms with Crippen LogP contribution in [0.15, 0.2) is 40.8 Å². The number of hydrogen-bond acceptors (Lipinski definition) is 4. The van der Waals surface area contributed by atoms with Crippen LogP contribution in [0.3, 0.4) is 0 Å². The Bertz CT molecular complexity index is 545. The van der Waals surface area contributed by atoms with Crippen LogP contribution < -0.4 is 0 Å². The third kappa shape index (κ3) is 3.11. The van der Waals surface area contributed by atoms with E-state index in [0.717, 1.165) is 24.0 Å². The molecule has 0 amide bonds. The maximum absolute atomic E-state index is 12.3. The number of pyridine rings is 1. The van der Waals surface area contributed by atoms with Crippen molar-refractivity contribution in [3.05, 3.63) is 41.4 Å². The van der Waals surface area contributed by atoms with E-state index in [0.29, 0.717) is 10.1 Å². The van der Waals surface area contributed by atoms with Gasteiger partial charge in [-0.1, -0.05) is 11.6 Å². The second-order valence-corrected chi connectivity index (χ2v) is 4.50. The lowest BCUT2D eigenvalue weighted by Crippen LogP contribution is -2.05. The van der Waals surface area contributed by atoms with Crippen LogP contribution in [0.25, 0.3) is 0 Å². The molecule has 2 aromatic rings. The summed E-state index contributed by atoms with van der Waals surface area (Å²) in [6, 6.07) is 2.22. The van der Waals surface area contributed by atoms with E-state index in [1.165, 1.54) is 18.5 Å². The molecule has 0 saturated carbocycles. The summed E-state index contributed by atoms with van der Waals surface area (Å²) >= 11 is 6.83. The Kier molecular flexibility index (Phi) is 3.72. The summed E-state index contributed by atoms with van der Waals surface area (Å²) in [6.45, 7) is 0. The first kappa shape index (κ1) is 13.1. The molecule has 0 unspecified atom stereocenters. The van der Waals surface area contributed by atoms with Crippen molar-refractivity contribution in [1.82, 2.24) is 15.0 Å². The predicted molar refractivity (Wildman–Crippen MR) is 60.4 cm³/mol. The summed E-state index contributed by atoms with van der Waals surface area (Å²) in [5.41, 5.74) is -0.794. The molecule has 0 bridgehead atoms. The Labute approximate surface area is 109 Å². The maximum Gasteiger partial charge on any atom is 0.417 e. The molecule has 0 spiro atoms. The molecular formula is C10H5ClF3N3S. The van der Waals surface area contributed by atoms with Crippen molar-refractivity contribution < 1.29 is 13.2 Å². The third-order valence-corrected chi connectivity index (χ3v) is 3.22. The zero-order valence-corrected chi connectivity index (χ0v) is 10.2. The van der Waals surface area contributed by atoms with Crippen LogP contribution in [0.4, 0.5) is 13.2 Å². The molecule has 2 rings (SSSR count). The van der Waals surface area contributed by atoms with E-state index in [9.17, 15) is 13.2 Å². The molecule has 2 aromatic heterocycles. The molecule has 3 nitrogen and oxygen atoms in total. The van der Waals surface area contributed by atoms with Gasteiger partial charge in [-0.2, -0.15) is 13.2 Å². The Hall–Kier alpha value is -1.34. The molecule has 0 aliphatic rings. The summed E-state index contributed by atoms with van der Waals surface area (Å²) in [5, 5.41) is 0.945. The van der Waals surface area contributed by atoms with Gasteiger partial charge < -0.3 is 0 Å². The molecule has 0 aromatic carbocycles. The molecule has 0 atom stereocenters. The standard InChI is InChI=1S/C10H5ClF3N3S/c11-8-9(16-4-3-15-8)18-7-2-1-6(5-17-7)10(12,13)14/h1-5H. The zero-order valence-electron chi connectivity index (χ0n) is 8.65. The number of hydrogen-bond donors (Lipinski definition) is 0. The van der Waals surface area contributed by atoms with Gasteiger partial charge in [-0.05, 0) is 23.9 Å². The van der Waals surface area contributed by atoms with Crippen LogP contribution in [-0.4, -0.2) is 15.0 Å². The third-order valence-electron chi connectivity index (χ3n) is 1.89. The zero-order chi connectivity index (χ0) is 13.2. The van der Waals surface area contributed by atoms with Gasteiger partial charge in [-0.15, -0.1) is 0 Å². The van der Waals surface area contributed by atoms with E-state index in [1.807, 2.05) is 0 Å². The van der Waals surface area contributed by atoms with Crippen molar-refractivity contribution in [1.29, 1.82) is 0 Å². The summed E-state index contributed by atoms with van der Waals surface area (Å²) in [6.07, 6.45) is -0.752. The highest BCUT2D eigenvalue weighted by atomic mass is 35.5. The first-order valence-corrected chi connectivity index (χ1v) is 5.84. The van der Waals surface area contributed by atoms with Gasteiger partial charge in [0.1, 0.15) is 10.1 Å².